The van der Waals surface area contributed by atoms with Crippen LogP contribution in [0.5, 0.6) is 0 Å². The zero-order chi connectivity index (χ0) is 27.3. The number of Topliss-reactive ketones (excluding diaryl/α,β-unsaturated/α-hetero) is 1. The van der Waals surface area contributed by atoms with Crippen molar-refractivity contribution in [2.45, 2.75) is 31.5 Å². The zero-order valence-corrected chi connectivity index (χ0v) is 26.2. The van der Waals surface area contributed by atoms with Crippen LogP contribution in [0.2, 0.25) is 0 Å². The summed E-state index contributed by atoms with van der Waals surface area (Å²) in [5.74, 6) is -3.69. The number of nitrogens with zero attached hydrogens (tertiary/aromatic N) is 1. The van der Waals surface area contributed by atoms with Gasteiger partial charge in [-0.1, -0.05) is 0 Å². The second-order valence-corrected chi connectivity index (χ2v) is 13.1. The summed E-state index contributed by atoms with van der Waals surface area (Å²) in [6, 6.07) is 2.59. The monoisotopic (exact) mass is 737 g/mol. The van der Waals surface area contributed by atoms with E-state index in [4.69, 9.17) is 23.8 Å². The molecule has 200 valence electrons. The van der Waals surface area contributed by atoms with Crippen LogP contribution in [0.4, 0.5) is 0 Å². The fraction of sp³-hybridized carbons (Fsp3) is 0.458. The maximum atomic E-state index is 13.7. The number of H-pyrrole nitrogens is 1. The number of hydroxylamine groups is 1. The number of carbonyl (C=O) groups excluding carboxylic acids is 4. The number of unbranched alkanes of at least 4 members (excludes halogenated alkanes) is 3. The van der Waals surface area contributed by atoms with E-state index < -0.39 is 29.4 Å². The fourth-order valence-electron chi connectivity index (χ4n) is 4.34. The molecule has 1 fully saturated rings. The topological polar surface area (TPSA) is 155 Å². The van der Waals surface area contributed by atoms with Crippen LogP contribution in [0, 0.1) is 0 Å². The molecule has 14 heteroatoms. The third-order valence-electron chi connectivity index (χ3n) is 6.12. The van der Waals surface area contributed by atoms with Gasteiger partial charge in [0.15, 0.2) is 0 Å². The number of fused-ring (bicyclic) bond motifs is 4. The minimum absolute atomic E-state index is 0.0123. The predicted molar refractivity (Wildman–Crippen MR) is 135 cm³/mol. The number of hydrogen-bond donors (Lipinski definition) is 2. The molecular weight excluding hydrogens is 711 g/mol. The molecule has 0 aromatic carbocycles. The first-order valence-electron chi connectivity index (χ1n) is 11.9. The number of carbonyl (C=O) groups is 4. The van der Waals surface area contributed by atoms with Crippen molar-refractivity contribution in [2.24, 2.45) is 0 Å². The molecule has 2 aromatic heterocycles. The molecule has 0 saturated carbocycles. The standard InChI is InChI=1S/C24H27N3O9S.Tl/c1-32-22(30)13-11-15(21(29)27-36-7-5-3-4-6-10-37)25-19-17(13)18-14(12-16(26-18)23(31)33-2)24(20(19)28)34-8-9-35-24;/h11-12,26,37H,3-10H2,1-2H3,(H,27,29);/q;+1/p-1. The number of aromatic nitrogens is 2. The summed E-state index contributed by atoms with van der Waals surface area (Å²) in [5, 5.41) is 0. The third kappa shape index (κ3) is 5.52. The van der Waals surface area contributed by atoms with Crippen molar-refractivity contribution in [1.82, 2.24) is 15.4 Å². The van der Waals surface area contributed by atoms with Crippen LogP contribution >= 0.6 is 8.31 Å². The Hall–Kier alpha value is -2.34. The number of esters is 2. The molecule has 0 unspecified atom stereocenters. The Labute approximate surface area is 236 Å². The smallest absolute Gasteiger partial charge is 0.337 e. The molecule has 3 heterocycles. The number of aromatic amines is 1. The second-order valence-electron chi connectivity index (χ2n) is 8.44. The Morgan fingerprint density at radius 2 is 1.82 bits per heavy atom. The van der Waals surface area contributed by atoms with Crippen molar-refractivity contribution in [2.75, 3.05) is 39.8 Å². The van der Waals surface area contributed by atoms with Gasteiger partial charge >= 0.3 is 120 Å². The zero-order valence-electron chi connectivity index (χ0n) is 20.9. The minimum atomic E-state index is -1.89. The summed E-state index contributed by atoms with van der Waals surface area (Å²) in [5.41, 5.74) is 2.19. The Balaban J connectivity index is 1.67. The van der Waals surface area contributed by atoms with Crippen LogP contribution in [0.3, 0.4) is 0 Å². The van der Waals surface area contributed by atoms with Crippen LogP contribution in [-0.4, -0.2) is 97.7 Å². The van der Waals surface area contributed by atoms with Crippen molar-refractivity contribution < 1.29 is 43.0 Å². The van der Waals surface area contributed by atoms with Gasteiger partial charge in [0.2, 0.25) is 5.78 Å². The molecule has 4 rings (SSSR count). The van der Waals surface area contributed by atoms with E-state index >= 15 is 0 Å². The van der Waals surface area contributed by atoms with E-state index in [0.717, 1.165) is 49.9 Å². The van der Waals surface area contributed by atoms with Crippen molar-refractivity contribution in [3.8, 4) is 11.3 Å². The first kappa shape index (κ1) is 28.7. The van der Waals surface area contributed by atoms with E-state index in [-0.39, 0.29) is 52.7 Å². The van der Waals surface area contributed by atoms with Crippen molar-refractivity contribution in [1.29, 1.82) is 0 Å². The molecule has 0 radical (unpaired) electrons. The average molecular weight is 737 g/mol. The number of hydrogen-bond acceptors (Lipinski definition) is 11. The van der Waals surface area contributed by atoms with Gasteiger partial charge in [-0.15, -0.1) is 0 Å². The maximum absolute atomic E-state index is 13.7. The Morgan fingerprint density at radius 3 is 2.50 bits per heavy atom. The van der Waals surface area contributed by atoms with Crippen molar-refractivity contribution >= 4 is 56.2 Å². The van der Waals surface area contributed by atoms with Crippen LogP contribution in [0.1, 0.15) is 73.1 Å². The van der Waals surface area contributed by atoms with E-state index in [9.17, 15) is 19.2 Å². The van der Waals surface area contributed by atoms with Gasteiger partial charge in [-0.3, -0.25) is 4.79 Å². The molecule has 0 atom stereocenters. The Kier molecular flexibility index (Phi) is 9.56. The summed E-state index contributed by atoms with van der Waals surface area (Å²) in [7, 11) is 4.35. The van der Waals surface area contributed by atoms with Crippen LogP contribution in [0.15, 0.2) is 12.1 Å². The van der Waals surface area contributed by atoms with Crippen LogP contribution in [-0.2, 0) is 29.6 Å². The van der Waals surface area contributed by atoms with Gasteiger partial charge in [-0.05, 0) is 6.07 Å². The molecule has 1 aliphatic heterocycles. The predicted octanol–water partition coefficient (Wildman–Crippen LogP) is 2.08. The number of amides is 1. The van der Waals surface area contributed by atoms with Gasteiger partial charge < -0.3 is 23.9 Å². The second kappa shape index (κ2) is 12.7. The molecule has 0 bridgehead atoms. The van der Waals surface area contributed by atoms with Gasteiger partial charge in [0.25, 0.3) is 5.79 Å². The number of rotatable bonds is 11. The molecule has 1 spiro atoms. The quantitative estimate of drug-likeness (QED) is 0.151. The van der Waals surface area contributed by atoms with Crippen LogP contribution < -0.4 is 5.48 Å². The van der Waals surface area contributed by atoms with Crippen molar-refractivity contribution in [3.05, 3.63) is 40.3 Å². The van der Waals surface area contributed by atoms with E-state index in [1.54, 1.807) is 0 Å². The molecule has 12 nitrogen and oxygen atoms in total. The normalized spacial score (nSPS) is 15.1. The molecule has 1 amide bonds. The van der Waals surface area contributed by atoms with Gasteiger partial charge in [-0.25, -0.2) is 9.59 Å². The van der Waals surface area contributed by atoms with Crippen LogP contribution in [0.25, 0.3) is 11.3 Å². The van der Waals surface area contributed by atoms with E-state index in [1.807, 2.05) is 8.31 Å². The Bertz CT molecular complexity index is 1240. The summed E-state index contributed by atoms with van der Waals surface area (Å²) in [6.45, 7) is 0.523. The SMILES string of the molecule is COC(=O)c1cc2c([nH]1)-c1c(C(=O)OC)cc(C(=O)NOCCCCCC[S][Tl])nc1C(=O)C21OCCO1. The molecule has 2 N–H and O–H groups in total. The molecule has 1 aliphatic carbocycles. The van der Waals surface area contributed by atoms with Gasteiger partial charge in [0, 0.05) is 11.1 Å². The molecule has 38 heavy (non-hydrogen) atoms. The van der Waals surface area contributed by atoms with E-state index in [0.29, 0.717) is 6.61 Å². The summed E-state index contributed by atoms with van der Waals surface area (Å²) >= 11 is 0.955. The van der Waals surface area contributed by atoms with Gasteiger partial charge in [0.1, 0.15) is 11.4 Å². The first-order valence-corrected chi connectivity index (χ1v) is 18.4. The molecule has 1 saturated heterocycles. The van der Waals surface area contributed by atoms with Gasteiger partial charge in [0.05, 0.1) is 38.7 Å². The fourth-order valence-corrected chi connectivity index (χ4v) is 6.65. The van der Waals surface area contributed by atoms with Gasteiger partial charge in [-0.2, -0.15) is 0 Å². The molecule has 2 aliphatic rings. The number of ether oxygens (including phenoxy) is 4. The first-order chi connectivity index (χ1) is 18.4. The number of pyridine rings is 1. The third-order valence-corrected chi connectivity index (χ3v) is 9.39. The molecular formula is C24H26N3O9STl. The Morgan fingerprint density at radius 1 is 1.11 bits per heavy atom. The summed E-state index contributed by atoms with van der Waals surface area (Å²) in [6.07, 6.45) is 4.01. The van der Waals surface area contributed by atoms with Crippen molar-refractivity contribution in [3.63, 3.8) is 0 Å². The average Bonchev–Trinajstić information content (AvgIpc) is 3.60. The van der Waals surface area contributed by atoms with E-state index in [2.05, 4.69) is 15.4 Å². The number of nitrogens with one attached hydrogen (secondary N) is 2. The molecule has 2 aromatic rings. The number of ketones is 1. The summed E-state index contributed by atoms with van der Waals surface area (Å²) in [4.78, 5) is 64.1. The minimum Gasteiger partial charge on any atom is -0.337 e. The number of methoxy groups -OCH3 is 2. The summed E-state index contributed by atoms with van der Waals surface area (Å²) < 4.78 is 21.2. The van der Waals surface area contributed by atoms with E-state index in [1.165, 1.54) is 32.1 Å².